The number of rotatable bonds is 6. The van der Waals surface area contributed by atoms with Crippen LogP contribution in [0.25, 0.3) is 5.69 Å². The molecule has 2 aromatic carbocycles. The van der Waals surface area contributed by atoms with Crippen LogP contribution < -0.4 is 10.2 Å². The van der Waals surface area contributed by atoms with Crippen LogP contribution in [0, 0.1) is 0 Å². The molecule has 1 N–H and O–H groups in total. The average molecular weight is 555 g/mol. The second-order valence-electron chi connectivity index (χ2n) is 8.97. The number of amides is 1. The van der Waals surface area contributed by atoms with E-state index in [1.165, 1.54) is 35.5 Å². The Labute approximate surface area is 226 Å². The lowest BCUT2D eigenvalue weighted by Gasteiger charge is -2.29. The number of ketones is 1. The molecule has 39 heavy (non-hydrogen) atoms. The molecule has 0 atom stereocenters. The van der Waals surface area contributed by atoms with E-state index in [9.17, 15) is 22.8 Å². The van der Waals surface area contributed by atoms with Crippen LogP contribution in [0.15, 0.2) is 67.3 Å². The van der Waals surface area contributed by atoms with E-state index in [-0.39, 0.29) is 28.3 Å². The van der Waals surface area contributed by atoms with Crippen LogP contribution in [-0.4, -0.2) is 44.5 Å². The van der Waals surface area contributed by atoms with E-state index in [1.807, 2.05) is 6.07 Å². The maximum Gasteiger partial charge on any atom is 0.417 e. The molecule has 1 amide bonds. The highest BCUT2D eigenvalue weighted by atomic mass is 35.5. The van der Waals surface area contributed by atoms with Gasteiger partial charge in [0.15, 0.2) is 5.78 Å². The van der Waals surface area contributed by atoms with Crippen molar-refractivity contribution in [1.82, 2.24) is 19.7 Å². The smallest absolute Gasteiger partial charge is 0.372 e. The number of piperidine rings is 1. The summed E-state index contributed by atoms with van der Waals surface area (Å²) in [5, 5.41) is 6.37. The molecule has 0 radical (unpaired) electrons. The molecule has 1 saturated heterocycles. The molecule has 8 nitrogen and oxygen atoms in total. The van der Waals surface area contributed by atoms with Crippen molar-refractivity contribution in [2.24, 2.45) is 0 Å². The summed E-state index contributed by atoms with van der Waals surface area (Å²) in [6.45, 7) is 1.68. The van der Waals surface area contributed by atoms with Crippen LogP contribution in [0.1, 0.15) is 51.4 Å². The third-order valence-electron chi connectivity index (χ3n) is 6.35. The molecule has 0 unspecified atom stereocenters. The van der Waals surface area contributed by atoms with E-state index in [4.69, 9.17) is 11.6 Å². The molecule has 0 aliphatic carbocycles. The number of aromatic nitrogens is 4. The maximum absolute atomic E-state index is 13.7. The molecule has 200 valence electrons. The Hall–Kier alpha value is -4.25. The fourth-order valence-electron chi connectivity index (χ4n) is 4.38. The molecule has 0 spiro atoms. The quantitative estimate of drug-likeness (QED) is 0.302. The minimum absolute atomic E-state index is 0.0629. The Kier molecular flexibility index (Phi) is 7.34. The largest absolute Gasteiger partial charge is 0.417 e. The summed E-state index contributed by atoms with van der Waals surface area (Å²) in [7, 11) is 0. The highest BCUT2D eigenvalue weighted by Gasteiger charge is 2.33. The van der Waals surface area contributed by atoms with E-state index in [2.05, 4.69) is 25.3 Å². The molecule has 1 fully saturated rings. The number of anilines is 2. The number of carbonyl (C=O) groups is 2. The lowest BCUT2D eigenvalue weighted by Crippen LogP contribution is -2.29. The van der Waals surface area contributed by atoms with Crippen LogP contribution in [-0.2, 0) is 6.18 Å². The summed E-state index contributed by atoms with van der Waals surface area (Å²) < 4.78 is 41.2. The van der Waals surface area contributed by atoms with Gasteiger partial charge in [-0.15, -0.1) is 0 Å². The molecule has 1 aliphatic rings. The number of nitrogens with one attached hydrogen (secondary N) is 1. The molecule has 3 heterocycles. The number of alkyl halides is 3. The van der Waals surface area contributed by atoms with Crippen molar-refractivity contribution in [2.75, 3.05) is 23.3 Å². The summed E-state index contributed by atoms with van der Waals surface area (Å²) in [6.07, 6.45) is 4.01. The fraction of sp³-hybridized carbons (Fsp3) is 0.222. The molecule has 1 aliphatic heterocycles. The molecule has 0 bridgehead atoms. The topological polar surface area (TPSA) is 93.0 Å². The first-order valence-corrected chi connectivity index (χ1v) is 12.5. The highest BCUT2D eigenvalue weighted by molar-refractivity contribution is 6.31. The lowest BCUT2D eigenvalue weighted by atomic mass is 10.0. The first kappa shape index (κ1) is 26.4. The molecule has 5 rings (SSSR count). The first-order valence-electron chi connectivity index (χ1n) is 12.1. The van der Waals surface area contributed by atoms with Gasteiger partial charge in [-0.1, -0.05) is 11.6 Å². The fourth-order valence-corrected chi connectivity index (χ4v) is 4.61. The number of carbonyl (C=O) groups excluding carboxylic acids is 2. The van der Waals surface area contributed by atoms with Crippen LogP contribution >= 0.6 is 11.6 Å². The second-order valence-corrected chi connectivity index (χ2v) is 9.38. The van der Waals surface area contributed by atoms with Crippen molar-refractivity contribution in [3.05, 3.63) is 94.8 Å². The van der Waals surface area contributed by atoms with Crippen molar-refractivity contribution < 1.29 is 22.8 Å². The predicted octanol–water partition coefficient (Wildman–Crippen LogP) is 5.81. The third kappa shape index (κ3) is 5.78. The SMILES string of the molecule is O=C(Nc1ccc(N2CCCCC2)cc1C(=O)c1cnn(-c2ccc(Cl)c(C(F)(F)F)c2)c1)c1ncccn1. The minimum Gasteiger partial charge on any atom is -0.372 e. The summed E-state index contributed by atoms with van der Waals surface area (Å²) in [5.74, 6) is -1.12. The zero-order valence-corrected chi connectivity index (χ0v) is 21.2. The second kappa shape index (κ2) is 10.9. The molecule has 12 heteroatoms. The lowest BCUT2D eigenvalue weighted by molar-refractivity contribution is -0.137. The van der Waals surface area contributed by atoms with E-state index in [1.54, 1.807) is 18.2 Å². The number of hydrogen-bond acceptors (Lipinski definition) is 6. The van der Waals surface area contributed by atoms with E-state index in [0.717, 1.165) is 50.2 Å². The van der Waals surface area contributed by atoms with Gasteiger partial charge in [-0.2, -0.15) is 18.3 Å². The normalized spacial score (nSPS) is 13.8. The Morgan fingerprint density at radius 2 is 1.67 bits per heavy atom. The monoisotopic (exact) mass is 554 g/mol. The van der Waals surface area contributed by atoms with E-state index < -0.39 is 28.5 Å². The summed E-state index contributed by atoms with van der Waals surface area (Å²) >= 11 is 5.73. The highest BCUT2D eigenvalue weighted by Crippen LogP contribution is 2.36. The van der Waals surface area contributed by atoms with Gasteiger partial charge in [0.05, 0.1) is 33.7 Å². The standard InChI is InChI=1S/C27H22ClF3N6O2/c28-22-7-5-19(14-21(22)27(29,30)31)37-16-17(15-34-37)24(38)20-13-18(36-11-2-1-3-12-36)6-8-23(20)35-26(39)25-32-9-4-10-33-25/h4-10,13-16H,1-3,11-12H2,(H,35,39). The summed E-state index contributed by atoms with van der Waals surface area (Å²) in [6, 6.07) is 10.1. The van der Waals surface area contributed by atoms with Crippen molar-refractivity contribution in [2.45, 2.75) is 25.4 Å². The summed E-state index contributed by atoms with van der Waals surface area (Å²) in [4.78, 5) is 36.5. The Bertz CT molecular complexity index is 1520. The van der Waals surface area contributed by atoms with Gasteiger partial charge in [-0.3, -0.25) is 9.59 Å². The van der Waals surface area contributed by atoms with Crippen molar-refractivity contribution in [3.63, 3.8) is 0 Å². The zero-order chi connectivity index (χ0) is 27.6. The summed E-state index contributed by atoms with van der Waals surface area (Å²) in [5.41, 5.74) is 0.480. The molecule has 0 saturated carbocycles. The van der Waals surface area contributed by atoms with Gasteiger partial charge in [0, 0.05) is 42.9 Å². The maximum atomic E-state index is 13.7. The number of halogens is 4. The van der Waals surface area contributed by atoms with Crippen LogP contribution in [0.2, 0.25) is 5.02 Å². The molecular formula is C27H22ClF3N6O2. The Morgan fingerprint density at radius 3 is 2.38 bits per heavy atom. The number of hydrogen-bond donors (Lipinski definition) is 1. The third-order valence-corrected chi connectivity index (χ3v) is 6.68. The van der Waals surface area contributed by atoms with Gasteiger partial charge in [0.2, 0.25) is 5.82 Å². The molecule has 2 aromatic heterocycles. The van der Waals surface area contributed by atoms with Crippen LogP contribution in [0.5, 0.6) is 0 Å². The number of nitrogens with zero attached hydrogens (tertiary/aromatic N) is 5. The van der Waals surface area contributed by atoms with Gasteiger partial charge in [0.1, 0.15) is 0 Å². The minimum atomic E-state index is -4.65. The van der Waals surface area contributed by atoms with Gasteiger partial charge in [0.25, 0.3) is 5.91 Å². The van der Waals surface area contributed by atoms with Crippen LogP contribution in [0.4, 0.5) is 24.5 Å². The van der Waals surface area contributed by atoms with Gasteiger partial charge < -0.3 is 10.2 Å². The van der Waals surface area contributed by atoms with Gasteiger partial charge in [-0.05, 0) is 61.7 Å². The zero-order valence-electron chi connectivity index (χ0n) is 20.5. The Balaban J connectivity index is 1.49. The average Bonchev–Trinajstić information content (AvgIpc) is 3.44. The first-order chi connectivity index (χ1) is 18.7. The van der Waals surface area contributed by atoms with E-state index >= 15 is 0 Å². The van der Waals surface area contributed by atoms with Gasteiger partial charge >= 0.3 is 6.18 Å². The van der Waals surface area contributed by atoms with Crippen molar-refractivity contribution in [1.29, 1.82) is 0 Å². The van der Waals surface area contributed by atoms with E-state index in [0.29, 0.717) is 0 Å². The van der Waals surface area contributed by atoms with Crippen LogP contribution in [0.3, 0.4) is 0 Å². The molecular weight excluding hydrogens is 533 g/mol. The van der Waals surface area contributed by atoms with Gasteiger partial charge in [-0.25, -0.2) is 14.6 Å². The van der Waals surface area contributed by atoms with Crippen molar-refractivity contribution >= 4 is 34.7 Å². The molecule has 4 aromatic rings. The number of benzene rings is 2. The van der Waals surface area contributed by atoms with Crippen molar-refractivity contribution in [3.8, 4) is 5.69 Å². The Morgan fingerprint density at radius 1 is 0.949 bits per heavy atom. The predicted molar refractivity (Wildman–Crippen MR) is 139 cm³/mol.